The summed E-state index contributed by atoms with van der Waals surface area (Å²) in [5, 5.41) is 0. The van der Waals surface area contributed by atoms with Crippen molar-refractivity contribution in [3.8, 4) is 0 Å². The molecule has 0 aliphatic heterocycles. The minimum atomic E-state index is -1.41. The predicted octanol–water partition coefficient (Wildman–Crippen LogP) is 3.18. The molecule has 2 rings (SSSR count). The minimum Gasteiger partial charge on any atom is -0.242 e. The Kier molecular flexibility index (Phi) is 2.60. The molecule has 4 heteroatoms. The summed E-state index contributed by atoms with van der Waals surface area (Å²) in [6.07, 6.45) is 1.37. The van der Waals surface area contributed by atoms with Crippen LogP contribution in [0.5, 0.6) is 0 Å². The predicted molar refractivity (Wildman–Crippen MR) is 55.0 cm³/mol. The van der Waals surface area contributed by atoms with E-state index in [-0.39, 0.29) is 5.56 Å². The van der Waals surface area contributed by atoms with Crippen LogP contribution in [0.25, 0.3) is 0 Å². The molecule has 1 aliphatic carbocycles. The summed E-state index contributed by atoms with van der Waals surface area (Å²) in [7, 11) is 0. The minimum absolute atomic E-state index is 0.0130. The Balaban J connectivity index is 2.57. The molecule has 0 amide bonds. The second-order valence-corrected chi connectivity index (χ2v) is 4.05. The third-order valence-electron chi connectivity index (χ3n) is 2.94. The van der Waals surface area contributed by atoms with E-state index in [0.29, 0.717) is 18.4 Å². The third-order valence-corrected chi connectivity index (χ3v) is 2.94. The Morgan fingerprint density at radius 3 is 2.69 bits per heavy atom. The zero-order chi connectivity index (χ0) is 11.8. The second kappa shape index (κ2) is 3.80. The number of hydrogen-bond acceptors (Lipinski definition) is 2. The van der Waals surface area contributed by atoms with Crippen molar-refractivity contribution in [2.24, 2.45) is 4.99 Å². The lowest BCUT2D eigenvalue weighted by Crippen LogP contribution is -2.09. The maximum Gasteiger partial charge on any atom is 0.235 e. The number of carbonyl (C=O) groups excluding carboxylic acids is 1. The summed E-state index contributed by atoms with van der Waals surface area (Å²) in [6, 6.07) is 4.36. The normalized spacial score (nSPS) is 18.7. The Morgan fingerprint density at radius 1 is 1.50 bits per heavy atom. The fourth-order valence-electron chi connectivity index (χ4n) is 1.99. The lowest BCUT2D eigenvalue weighted by molar-refractivity contribution is 0.356. The van der Waals surface area contributed by atoms with Gasteiger partial charge >= 0.3 is 0 Å². The summed E-state index contributed by atoms with van der Waals surface area (Å²) in [6.45, 7) is 1.28. The van der Waals surface area contributed by atoms with E-state index in [0.717, 1.165) is 0 Å². The van der Waals surface area contributed by atoms with Gasteiger partial charge in [0, 0.05) is 5.56 Å². The van der Waals surface area contributed by atoms with Crippen LogP contribution in [-0.2, 0) is 10.3 Å². The van der Waals surface area contributed by atoms with Gasteiger partial charge in [0.15, 0.2) is 0 Å². The topological polar surface area (TPSA) is 29.4 Å². The van der Waals surface area contributed by atoms with Crippen LogP contribution in [-0.4, -0.2) is 6.08 Å². The maximum atomic E-state index is 13.5. The van der Waals surface area contributed by atoms with Crippen molar-refractivity contribution in [3.05, 3.63) is 35.1 Å². The van der Waals surface area contributed by atoms with Crippen LogP contribution in [0, 0.1) is 5.82 Å². The number of benzene rings is 1. The molecule has 0 spiro atoms. The molecule has 1 saturated carbocycles. The molecule has 0 bridgehead atoms. The molecule has 0 saturated heterocycles. The highest BCUT2D eigenvalue weighted by molar-refractivity contribution is 5.45. The zero-order valence-electron chi connectivity index (χ0n) is 8.84. The van der Waals surface area contributed by atoms with Gasteiger partial charge in [-0.1, -0.05) is 12.1 Å². The molecule has 1 fully saturated rings. The van der Waals surface area contributed by atoms with Gasteiger partial charge in [-0.3, -0.25) is 0 Å². The van der Waals surface area contributed by atoms with Crippen LogP contribution in [0.1, 0.15) is 37.1 Å². The van der Waals surface area contributed by atoms with E-state index in [1.165, 1.54) is 25.1 Å². The molecule has 2 nitrogen and oxygen atoms in total. The van der Waals surface area contributed by atoms with Crippen LogP contribution in [0.2, 0.25) is 0 Å². The third kappa shape index (κ3) is 1.65. The Morgan fingerprint density at radius 2 is 2.19 bits per heavy atom. The van der Waals surface area contributed by atoms with Gasteiger partial charge in [-0.15, -0.1) is 0 Å². The Bertz CT molecular complexity index is 460. The SMILES string of the molecule is CC(F)c1c(F)cccc1C1(N=C=O)CC1. The highest BCUT2D eigenvalue weighted by atomic mass is 19.1. The smallest absolute Gasteiger partial charge is 0.235 e. The first-order chi connectivity index (χ1) is 7.60. The van der Waals surface area contributed by atoms with Gasteiger partial charge in [0.1, 0.15) is 12.0 Å². The fourth-order valence-corrected chi connectivity index (χ4v) is 1.99. The highest BCUT2D eigenvalue weighted by Crippen LogP contribution is 2.51. The average Bonchev–Trinajstić information content (AvgIpc) is 2.98. The van der Waals surface area contributed by atoms with Crippen molar-refractivity contribution >= 4 is 6.08 Å². The van der Waals surface area contributed by atoms with E-state index in [1.54, 1.807) is 6.07 Å². The standard InChI is InChI=1S/C12H11F2NO/c1-8(13)11-9(3-2-4-10(11)14)12(5-6-12)15-7-16/h2-4,8H,5-6H2,1H3. The first-order valence-corrected chi connectivity index (χ1v) is 5.13. The lowest BCUT2D eigenvalue weighted by Gasteiger charge is -2.15. The maximum absolute atomic E-state index is 13.5. The quantitative estimate of drug-likeness (QED) is 0.571. The van der Waals surface area contributed by atoms with Crippen molar-refractivity contribution in [2.75, 3.05) is 0 Å². The van der Waals surface area contributed by atoms with Crippen molar-refractivity contribution in [1.29, 1.82) is 0 Å². The number of aliphatic imine (C=N–C) groups is 1. The number of hydrogen-bond donors (Lipinski definition) is 0. The van der Waals surface area contributed by atoms with E-state index >= 15 is 0 Å². The average molecular weight is 223 g/mol. The largest absolute Gasteiger partial charge is 0.242 e. The van der Waals surface area contributed by atoms with Crippen LogP contribution in [0.15, 0.2) is 23.2 Å². The molecular formula is C12H11F2NO. The summed E-state index contributed by atoms with van der Waals surface area (Å²) in [5.41, 5.74) is -0.232. The number of isocyanates is 1. The van der Waals surface area contributed by atoms with Gasteiger partial charge in [-0.05, 0) is 31.4 Å². The summed E-state index contributed by atoms with van der Waals surface area (Å²) in [5.74, 6) is -0.583. The monoisotopic (exact) mass is 223 g/mol. The van der Waals surface area contributed by atoms with Crippen LogP contribution >= 0.6 is 0 Å². The van der Waals surface area contributed by atoms with E-state index in [4.69, 9.17) is 0 Å². The number of halogens is 2. The molecule has 1 unspecified atom stereocenters. The van der Waals surface area contributed by atoms with E-state index in [9.17, 15) is 13.6 Å². The molecule has 1 aliphatic rings. The van der Waals surface area contributed by atoms with Gasteiger partial charge in [0.25, 0.3) is 0 Å². The van der Waals surface area contributed by atoms with E-state index in [2.05, 4.69) is 4.99 Å². The van der Waals surface area contributed by atoms with Crippen molar-refractivity contribution < 1.29 is 13.6 Å². The van der Waals surface area contributed by atoms with Crippen LogP contribution < -0.4 is 0 Å². The first-order valence-electron chi connectivity index (χ1n) is 5.13. The molecule has 16 heavy (non-hydrogen) atoms. The van der Waals surface area contributed by atoms with Gasteiger partial charge < -0.3 is 0 Å². The molecule has 0 N–H and O–H groups in total. The summed E-state index contributed by atoms with van der Waals surface area (Å²) < 4.78 is 26.9. The molecule has 0 heterocycles. The lowest BCUT2D eigenvalue weighted by atomic mass is 9.96. The van der Waals surface area contributed by atoms with Gasteiger partial charge in [0.05, 0.1) is 5.54 Å². The van der Waals surface area contributed by atoms with Gasteiger partial charge in [-0.25, -0.2) is 13.6 Å². The van der Waals surface area contributed by atoms with Crippen molar-refractivity contribution in [2.45, 2.75) is 31.5 Å². The van der Waals surface area contributed by atoms with Gasteiger partial charge in [0.2, 0.25) is 6.08 Å². The fraction of sp³-hybridized carbons (Fsp3) is 0.417. The first kappa shape index (κ1) is 11.0. The molecule has 1 atom stereocenters. The number of alkyl halides is 1. The Hall–Kier alpha value is -1.54. The number of nitrogens with zero attached hydrogens (tertiary/aromatic N) is 1. The van der Waals surface area contributed by atoms with Crippen molar-refractivity contribution in [1.82, 2.24) is 0 Å². The molecule has 1 aromatic rings. The zero-order valence-corrected chi connectivity index (χ0v) is 8.84. The molecule has 1 aromatic carbocycles. The molecule has 0 radical (unpaired) electrons. The second-order valence-electron chi connectivity index (χ2n) is 4.05. The highest BCUT2D eigenvalue weighted by Gasteiger charge is 2.47. The van der Waals surface area contributed by atoms with E-state index in [1.807, 2.05) is 0 Å². The van der Waals surface area contributed by atoms with Crippen LogP contribution in [0.3, 0.4) is 0 Å². The Labute approximate surface area is 92.0 Å². The van der Waals surface area contributed by atoms with E-state index < -0.39 is 17.5 Å². The summed E-state index contributed by atoms with van der Waals surface area (Å²) in [4.78, 5) is 14.0. The molecule has 84 valence electrons. The molecular weight excluding hydrogens is 212 g/mol. The van der Waals surface area contributed by atoms with Gasteiger partial charge in [-0.2, -0.15) is 4.99 Å². The summed E-state index contributed by atoms with van der Waals surface area (Å²) >= 11 is 0. The van der Waals surface area contributed by atoms with Crippen LogP contribution in [0.4, 0.5) is 8.78 Å². The molecule has 0 aromatic heterocycles. The van der Waals surface area contributed by atoms with Crippen molar-refractivity contribution in [3.63, 3.8) is 0 Å². The number of rotatable bonds is 3.